The van der Waals surface area contributed by atoms with Crippen LogP contribution < -0.4 is 5.32 Å². The minimum absolute atomic E-state index is 0.709. The van der Waals surface area contributed by atoms with Crippen molar-refractivity contribution in [3.8, 4) is 0 Å². The molecule has 0 bridgehead atoms. The van der Waals surface area contributed by atoms with Crippen molar-refractivity contribution in [2.24, 2.45) is 7.05 Å². The lowest BCUT2D eigenvalue weighted by Crippen LogP contribution is -2.42. The monoisotopic (exact) mass is 236 g/mol. The second-order valence-corrected chi connectivity index (χ2v) is 5.17. The summed E-state index contributed by atoms with van der Waals surface area (Å²) < 4.78 is 1.89. The number of piperidine rings is 1. The molecule has 0 spiro atoms. The van der Waals surface area contributed by atoms with Crippen LogP contribution in [-0.4, -0.2) is 40.9 Å². The van der Waals surface area contributed by atoms with Crippen molar-refractivity contribution >= 4 is 0 Å². The third-order valence-corrected chi connectivity index (χ3v) is 3.73. The predicted octanol–water partition coefficient (Wildman–Crippen LogP) is 1.30. The zero-order valence-corrected chi connectivity index (χ0v) is 11.2. The highest BCUT2D eigenvalue weighted by Crippen LogP contribution is 2.14. The molecular weight excluding hydrogens is 212 g/mol. The summed E-state index contributed by atoms with van der Waals surface area (Å²) in [6.07, 6.45) is 6.17. The van der Waals surface area contributed by atoms with E-state index in [9.17, 15) is 0 Å². The largest absolute Gasteiger partial charge is 0.311 e. The fourth-order valence-corrected chi connectivity index (χ4v) is 2.60. The van der Waals surface area contributed by atoms with E-state index in [1.807, 2.05) is 11.7 Å². The molecule has 1 fully saturated rings. The molecule has 1 aliphatic heterocycles. The van der Waals surface area contributed by atoms with Crippen molar-refractivity contribution < 1.29 is 0 Å². The van der Waals surface area contributed by atoms with E-state index in [0.717, 1.165) is 18.8 Å². The van der Waals surface area contributed by atoms with E-state index in [1.54, 1.807) is 0 Å². The number of rotatable bonds is 4. The maximum atomic E-state index is 4.36. The number of aromatic nitrogens is 2. The van der Waals surface area contributed by atoms with Crippen molar-refractivity contribution in [1.29, 1.82) is 0 Å². The lowest BCUT2D eigenvalue weighted by atomic mass is 10.0. The maximum Gasteiger partial charge on any atom is 0.0638 e. The average molecular weight is 236 g/mol. The van der Waals surface area contributed by atoms with E-state index in [4.69, 9.17) is 0 Å². The van der Waals surface area contributed by atoms with Gasteiger partial charge in [-0.15, -0.1) is 0 Å². The molecule has 0 amide bonds. The fourth-order valence-electron chi connectivity index (χ4n) is 2.60. The maximum absolute atomic E-state index is 4.36. The van der Waals surface area contributed by atoms with Crippen LogP contribution in [-0.2, 0) is 13.6 Å². The summed E-state index contributed by atoms with van der Waals surface area (Å²) in [4.78, 5) is 2.48. The summed E-state index contributed by atoms with van der Waals surface area (Å²) in [6.45, 7) is 5.34. The van der Waals surface area contributed by atoms with E-state index >= 15 is 0 Å². The van der Waals surface area contributed by atoms with E-state index in [-0.39, 0.29) is 0 Å². The van der Waals surface area contributed by atoms with Gasteiger partial charge in [-0.2, -0.15) is 5.10 Å². The van der Waals surface area contributed by atoms with E-state index in [2.05, 4.69) is 35.5 Å². The normalized spacial score (nSPS) is 21.9. The van der Waals surface area contributed by atoms with Gasteiger partial charge in [0, 0.05) is 37.9 Å². The van der Waals surface area contributed by atoms with Gasteiger partial charge in [0.15, 0.2) is 0 Å². The molecule has 1 saturated heterocycles. The average Bonchev–Trinajstić information content (AvgIpc) is 2.60. The van der Waals surface area contributed by atoms with Gasteiger partial charge in [0.25, 0.3) is 0 Å². The van der Waals surface area contributed by atoms with Crippen LogP contribution in [0, 0.1) is 6.92 Å². The van der Waals surface area contributed by atoms with E-state index in [1.165, 1.54) is 31.4 Å². The van der Waals surface area contributed by atoms with Crippen molar-refractivity contribution in [3.05, 3.63) is 17.5 Å². The van der Waals surface area contributed by atoms with Gasteiger partial charge in [0.1, 0.15) is 0 Å². The Hall–Kier alpha value is -0.870. The van der Waals surface area contributed by atoms with E-state index in [0.29, 0.717) is 6.04 Å². The third kappa shape index (κ3) is 3.30. The Balaban J connectivity index is 1.77. The second kappa shape index (κ2) is 5.65. The number of nitrogens with zero attached hydrogens (tertiary/aromatic N) is 3. The number of hydrogen-bond acceptors (Lipinski definition) is 3. The molecule has 1 aromatic rings. The molecule has 2 heterocycles. The first-order valence-corrected chi connectivity index (χ1v) is 6.57. The summed E-state index contributed by atoms with van der Waals surface area (Å²) in [5, 5.41) is 7.92. The molecule has 2 rings (SSSR count). The Bertz CT molecular complexity index is 358. The molecule has 0 aliphatic carbocycles. The minimum Gasteiger partial charge on any atom is -0.311 e. The summed E-state index contributed by atoms with van der Waals surface area (Å²) in [7, 11) is 4.21. The first-order valence-electron chi connectivity index (χ1n) is 6.57. The van der Waals surface area contributed by atoms with Crippen molar-refractivity contribution in [3.63, 3.8) is 0 Å². The highest BCUT2D eigenvalue weighted by Gasteiger charge is 2.18. The van der Waals surface area contributed by atoms with Gasteiger partial charge >= 0.3 is 0 Å². The van der Waals surface area contributed by atoms with Crippen molar-refractivity contribution in [1.82, 2.24) is 20.0 Å². The van der Waals surface area contributed by atoms with Crippen LogP contribution in [0.2, 0.25) is 0 Å². The predicted molar refractivity (Wildman–Crippen MR) is 69.9 cm³/mol. The Morgan fingerprint density at radius 2 is 2.24 bits per heavy atom. The summed E-state index contributed by atoms with van der Waals surface area (Å²) in [5.74, 6) is 0. The second-order valence-electron chi connectivity index (χ2n) is 5.17. The van der Waals surface area contributed by atoms with E-state index < -0.39 is 0 Å². The van der Waals surface area contributed by atoms with Crippen LogP contribution in [0.5, 0.6) is 0 Å². The molecule has 1 aliphatic rings. The summed E-state index contributed by atoms with van der Waals surface area (Å²) in [5.41, 5.74) is 2.45. The van der Waals surface area contributed by atoms with Gasteiger partial charge in [0.2, 0.25) is 0 Å². The van der Waals surface area contributed by atoms with Crippen LogP contribution >= 0.6 is 0 Å². The molecule has 96 valence electrons. The van der Waals surface area contributed by atoms with Gasteiger partial charge in [-0.05, 0) is 33.4 Å². The lowest BCUT2D eigenvalue weighted by Gasteiger charge is -2.32. The van der Waals surface area contributed by atoms with Crippen LogP contribution in [0.1, 0.15) is 30.5 Å². The molecule has 4 nitrogen and oxygen atoms in total. The van der Waals surface area contributed by atoms with Gasteiger partial charge in [-0.1, -0.05) is 6.42 Å². The van der Waals surface area contributed by atoms with Gasteiger partial charge in [-0.25, -0.2) is 0 Å². The standard InChI is InChI=1S/C13H24N4/c1-11-12(10-17(3)15-11)8-14-9-13-6-4-5-7-16(13)2/h10,13-14H,4-9H2,1-3H3. The fraction of sp³-hybridized carbons (Fsp3) is 0.769. The quantitative estimate of drug-likeness (QED) is 0.855. The Labute approximate surface area is 104 Å². The molecule has 1 aromatic heterocycles. The Kier molecular flexibility index (Phi) is 4.18. The molecule has 0 saturated carbocycles. The highest BCUT2D eigenvalue weighted by atomic mass is 15.3. The molecule has 0 aromatic carbocycles. The molecular formula is C13H24N4. The molecule has 17 heavy (non-hydrogen) atoms. The third-order valence-electron chi connectivity index (χ3n) is 3.73. The first-order chi connectivity index (χ1) is 8.16. The SMILES string of the molecule is Cc1nn(C)cc1CNCC1CCCCN1C. The van der Waals surface area contributed by atoms with Gasteiger partial charge in [0.05, 0.1) is 5.69 Å². The molecule has 1 N–H and O–H groups in total. The number of hydrogen-bond donors (Lipinski definition) is 1. The number of likely N-dealkylation sites (tertiary alicyclic amines) is 1. The Morgan fingerprint density at radius 1 is 1.41 bits per heavy atom. The first kappa shape index (κ1) is 12.6. The smallest absolute Gasteiger partial charge is 0.0638 e. The summed E-state index contributed by atoms with van der Waals surface area (Å²) in [6, 6.07) is 0.709. The molecule has 1 atom stereocenters. The zero-order chi connectivity index (χ0) is 12.3. The van der Waals surface area contributed by atoms with Gasteiger partial charge in [-0.3, -0.25) is 4.68 Å². The molecule has 4 heteroatoms. The van der Waals surface area contributed by atoms with Crippen LogP contribution in [0.4, 0.5) is 0 Å². The molecule has 0 radical (unpaired) electrons. The van der Waals surface area contributed by atoms with Crippen LogP contribution in [0.25, 0.3) is 0 Å². The topological polar surface area (TPSA) is 33.1 Å². The van der Waals surface area contributed by atoms with Crippen molar-refractivity contribution in [2.45, 2.75) is 38.8 Å². The highest BCUT2D eigenvalue weighted by molar-refractivity contribution is 5.14. The van der Waals surface area contributed by atoms with Crippen LogP contribution in [0.15, 0.2) is 6.20 Å². The molecule has 1 unspecified atom stereocenters. The van der Waals surface area contributed by atoms with Gasteiger partial charge < -0.3 is 10.2 Å². The van der Waals surface area contributed by atoms with Crippen LogP contribution in [0.3, 0.4) is 0 Å². The van der Waals surface area contributed by atoms with Crippen molar-refractivity contribution in [2.75, 3.05) is 20.1 Å². The zero-order valence-electron chi connectivity index (χ0n) is 11.2. The minimum atomic E-state index is 0.709. The number of nitrogens with one attached hydrogen (secondary N) is 1. The number of aryl methyl sites for hydroxylation is 2. The summed E-state index contributed by atoms with van der Waals surface area (Å²) >= 11 is 0. The Morgan fingerprint density at radius 3 is 2.88 bits per heavy atom. The lowest BCUT2D eigenvalue weighted by molar-refractivity contribution is 0.181. The number of likely N-dealkylation sites (N-methyl/N-ethyl adjacent to an activating group) is 1.